The third kappa shape index (κ3) is 1.75. The van der Waals surface area contributed by atoms with Crippen molar-refractivity contribution in [3.05, 3.63) is 34.5 Å². The summed E-state index contributed by atoms with van der Waals surface area (Å²) in [6.07, 6.45) is 1.77. The van der Waals surface area contributed by atoms with Gasteiger partial charge in [0.05, 0.1) is 5.52 Å². The fraction of sp³-hybridized carbons (Fsp3) is 0.462. The first kappa shape index (κ1) is 11.5. The average Bonchev–Trinajstić information content (AvgIpc) is 2.68. The van der Waals surface area contributed by atoms with Crippen LogP contribution in [0.25, 0.3) is 11.0 Å². The predicted molar refractivity (Wildman–Crippen MR) is 68.3 cm³/mol. The van der Waals surface area contributed by atoms with Crippen molar-refractivity contribution in [1.29, 1.82) is 0 Å². The fourth-order valence-corrected chi connectivity index (χ4v) is 2.74. The van der Waals surface area contributed by atoms with Crippen molar-refractivity contribution in [1.82, 2.24) is 14.5 Å². The van der Waals surface area contributed by atoms with Crippen molar-refractivity contribution in [2.24, 2.45) is 0 Å². The highest BCUT2D eigenvalue weighted by molar-refractivity contribution is 5.75. The van der Waals surface area contributed by atoms with E-state index in [0.29, 0.717) is 11.0 Å². The van der Waals surface area contributed by atoms with E-state index >= 15 is 0 Å². The van der Waals surface area contributed by atoms with E-state index in [4.69, 9.17) is 0 Å². The second-order valence-corrected chi connectivity index (χ2v) is 4.97. The number of H-pyrrole nitrogens is 1. The molecule has 1 fully saturated rings. The van der Waals surface area contributed by atoms with Crippen LogP contribution in [-0.2, 0) is 0 Å². The van der Waals surface area contributed by atoms with Crippen LogP contribution in [0.4, 0.5) is 4.39 Å². The Morgan fingerprint density at radius 3 is 2.78 bits per heavy atom. The molecule has 0 radical (unpaired) electrons. The molecule has 0 unspecified atom stereocenters. The Morgan fingerprint density at radius 2 is 2.06 bits per heavy atom. The van der Waals surface area contributed by atoms with E-state index in [0.717, 1.165) is 25.9 Å². The molecule has 1 saturated heterocycles. The van der Waals surface area contributed by atoms with Crippen LogP contribution >= 0.6 is 0 Å². The van der Waals surface area contributed by atoms with Crippen LogP contribution in [0.1, 0.15) is 18.9 Å². The number of imidazole rings is 1. The second-order valence-electron chi connectivity index (χ2n) is 4.97. The standard InChI is InChI=1S/C13H16FN3O/c1-16-7-5-9(6-8-16)17-12-10(14)3-2-4-11(12)15-13(17)18/h2-4,9H,5-8H2,1H3,(H,15,18). The van der Waals surface area contributed by atoms with Crippen LogP contribution in [-0.4, -0.2) is 34.6 Å². The number of likely N-dealkylation sites (tertiary alicyclic amines) is 1. The molecule has 0 saturated carbocycles. The van der Waals surface area contributed by atoms with E-state index < -0.39 is 0 Å². The number of hydrogen-bond acceptors (Lipinski definition) is 2. The molecule has 5 heteroatoms. The van der Waals surface area contributed by atoms with E-state index in [1.165, 1.54) is 6.07 Å². The number of halogens is 1. The van der Waals surface area contributed by atoms with Crippen molar-refractivity contribution in [3.63, 3.8) is 0 Å². The van der Waals surface area contributed by atoms with Gasteiger partial charge in [0.15, 0.2) is 0 Å². The van der Waals surface area contributed by atoms with Gasteiger partial charge in [-0.15, -0.1) is 0 Å². The molecule has 96 valence electrons. The maximum atomic E-state index is 13.9. The summed E-state index contributed by atoms with van der Waals surface area (Å²) >= 11 is 0. The van der Waals surface area contributed by atoms with Gasteiger partial charge in [-0.1, -0.05) is 6.07 Å². The van der Waals surface area contributed by atoms with Gasteiger partial charge in [-0.25, -0.2) is 9.18 Å². The number of para-hydroxylation sites is 1. The van der Waals surface area contributed by atoms with Crippen LogP contribution in [0.15, 0.2) is 23.0 Å². The van der Waals surface area contributed by atoms with E-state index in [2.05, 4.69) is 16.9 Å². The highest BCUT2D eigenvalue weighted by Gasteiger charge is 2.23. The average molecular weight is 249 g/mol. The maximum Gasteiger partial charge on any atom is 0.326 e. The first-order valence-corrected chi connectivity index (χ1v) is 6.24. The number of piperidine rings is 1. The zero-order valence-electron chi connectivity index (χ0n) is 10.3. The Balaban J connectivity index is 2.11. The summed E-state index contributed by atoms with van der Waals surface area (Å²) in [5.41, 5.74) is 0.792. The van der Waals surface area contributed by atoms with Crippen molar-refractivity contribution in [3.8, 4) is 0 Å². The summed E-state index contributed by atoms with van der Waals surface area (Å²) in [6.45, 7) is 1.89. The molecule has 0 spiro atoms. The Labute approximate surface area is 104 Å². The third-order valence-electron chi connectivity index (χ3n) is 3.74. The molecular weight excluding hydrogens is 233 g/mol. The predicted octanol–water partition coefficient (Wildman–Crippen LogP) is 1.74. The van der Waals surface area contributed by atoms with Crippen molar-refractivity contribution >= 4 is 11.0 Å². The number of nitrogens with one attached hydrogen (secondary N) is 1. The van der Waals surface area contributed by atoms with Crippen molar-refractivity contribution in [2.45, 2.75) is 18.9 Å². The fourth-order valence-electron chi connectivity index (χ4n) is 2.74. The Morgan fingerprint density at radius 1 is 1.33 bits per heavy atom. The molecular formula is C13H16FN3O. The molecule has 1 aromatic carbocycles. The first-order valence-electron chi connectivity index (χ1n) is 6.24. The van der Waals surface area contributed by atoms with Gasteiger partial charge >= 0.3 is 5.69 Å². The van der Waals surface area contributed by atoms with Gasteiger partial charge in [-0.2, -0.15) is 0 Å². The normalized spacial score (nSPS) is 18.6. The lowest BCUT2D eigenvalue weighted by atomic mass is 10.1. The number of benzene rings is 1. The van der Waals surface area contributed by atoms with Crippen LogP contribution in [0.3, 0.4) is 0 Å². The minimum atomic E-state index is -0.329. The lowest BCUT2D eigenvalue weighted by Crippen LogP contribution is -2.34. The van der Waals surface area contributed by atoms with Gasteiger partial charge in [0.2, 0.25) is 0 Å². The molecule has 1 aliphatic rings. The molecule has 2 heterocycles. The lowest BCUT2D eigenvalue weighted by Gasteiger charge is -2.29. The second kappa shape index (κ2) is 4.24. The zero-order valence-corrected chi connectivity index (χ0v) is 10.3. The van der Waals surface area contributed by atoms with Crippen LogP contribution in [0, 0.1) is 5.82 Å². The monoisotopic (exact) mass is 249 g/mol. The summed E-state index contributed by atoms with van der Waals surface area (Å²) in [7, 11) is 2.06. The number of aromatic nitrogens is 2. The van der Waals surface area contributed by atoms with Gasteiger partial charge < -0.3 is 9.88 Å². The SMILES string of the molecule is CN1CCC(n2c(=O)[nH]c3cccc(F)c32)CC1. The molecule has 0 amide bonds. The largest absolute Gasteiger partial charge is 0.326 e. The molecule has 3 rings (SSSR count). The molecule has 0 aliphatic carbocycles. The molecule has 0 atom stereocenters. The third-order valence-corrected chi connectivity index (χ3v) is 3.74. The van der Waals surface area contributed by atoms with E-state index in [-0.39, 0.29) is 17.5 Å². The Hall–Kier alpha value is -1.62. The van der Waals surface area contributed by atoms with Gasteiger partial charge in [-0.05, 0) is 45.1 Å². The number of rotatable bonds is 1. The summed E-state index contributed by atoms with van der Waals surface area (Å²) in [4.78, 5) is 17.0. The number of hydrogen-bond donors (Lipinski definition) is 1. The highest BCUT2D eigenvalue weighted by Crippen LogP contribution is 2.25. The minimum Gasteiger partial charge on any atom is -0.306 e. The quantitative estimate of drug-likeness (QED) is 0.836. The summed E-state index contributed by atoms with van der Waals surface area (Å²) in [5.74, 6) is -0.329. The zero-order chi connectivity index (χ0) is 12.7. The van der Waals surface area contributed by atoms with E-state index in [9.17, 15) is 9.18 Å². The van der Waals surface area contributed by atoms with Crippen molar-refractivity contribution < 1.29 is 4.39 Å². The number of nitrogens with zero attached hydrogens (tertiary/aromatic N) is 2. The summed E-state index contributed by atoms with van der Waals surface area (Å²) in [6, 6.07) is 4.86. The van der Waals surface area contributed by atoms with Gasteiger partial charge in [0, 0.05) is 6.04 Å². The molecule has 4 nitrogen and oxygen atoms in total. The smallest absolute Gasteiger partial charge is 0.306 e. The van der Waals surface area contributed by atoms with E-state index in [1.807, 2.05) is 0 Å². The molecule has 1 aromatic heterocycles. The lowest BCUT2D eigenvalue weighted by molar-refractivity contribution is 0.221. The summed E-state index contributed by atoms with van der Waals surface area (Å²) in [5, 5.41) is 0. The molecule has 1 aliphatic heterocycles. The Kier molecular flexibility index (Phi) is 2.70. The maximum absolute atomic E-state index is 13.9. The van der Waals surface area contributed by atoms with Crippen LogP contribution < -0.4 is 5.69 Å². The molecule has 0 bridgehead atoms. The highest BCUT2D eigenvalue weighted by atomic mass is 19.1. The van der Waals surface area contributed by atoms with Crippen LogP contribution in [0.5, 0.6) is 0 Å². The number of aromatic amines is 1. The van der Waals surface area contributed by atoms with Crippen molar-refractivity contribution in [2.75, 3.05) is 20.1 Å². The molecule has 2 aromatic rings. The molecule has 18 heavy (non-hydrogen) atoms. The minimum absolute atomic E-state index is 0.0966. The van der Waals surface area contributed by atoms with E-state index in [1.54, 1.807) is 16.7 Å². The topological polar surface area (TPSA) is 41.0 Å². The first-order chi connectivity index (χ1) is 8.66. The number of fused-ring (bicyclic) bond motifs is 1. The van der Waals surface area contributed by atoms with Crippen LogP contribution in [0.2, 0.25) is 0 Å². The van der Waals surface area contributed by atoms with Gasteiger partial charge in [-0.3, -0.25) is 4.57 Å². The molecule has 1 N–H and O–H groups in total. The summed E-state index contributed by atoms with van der Waals surface area (Å²) < 4.78 is 15.5. The van der Waals surface area contributed by atoms with Gasteiger partial charge in [0.1, 0.15) is 11.3 Å². The Bertz CT molecular complexity index is 623. The van der Waals surface area contributed by atoms with Gasteiger partial charge in [0.25, 0.3) is 0 Å².